The third-order valence-electron chi connectivity index (χ3n) is 5.90. The monoisotopic (exact) mass is 518 g/mol. The minimum atomic E-state index is -1.03. The zero-order valence-electron chi connectivity index (χ0n) is 22.1. The van der Waals surface area contributed by atoms with Crippen molar-refractivity contribution in [1.29, 1.82) is 0 Å². The van der Waals surface area contributed by atoms with E-state index in [0.29, 0.717) is 0 Å². The predicted molar refractivity (Wildman–Crippen MR) is 144 cm³/mol. The van der Waals surface area contributed by atoms with Crippen molar-refractivity contribution in [2.75, 3.05) is 7.05 Å². The van der Waals surface area contributed by atoms with Crippen molar-refractivity contribution in [1.82, 2.24) is 9.80 Å². The SMILES string of the molecule is CN(C(=O)OC(C)(C)C)[C@H](Cc1ccc(O)cc1)C(=O)N(Cc1ccccc1)Cc1ccc(C(=O)O)cc1. The summed E-state index contributed by atoms with van der Waals surface area (Å²) in [7, 11) is 1.54. The van der Waals surface area contributed by atoms with Crippen LogP contribution in [0.25, 0.3) is 0 Å². The molecule has 0 heterocycles. The van der Waals surface area contributed by atoms with Gasteiger partial charge in [-0.15, -0.1) is 0 Å². The number of aromatic hydroxyl groups is 1. The summed E-state index contributed by atoms with van der Waals surface area (Å²) in [5, 5.41) is 18.9. The first-order valence-corrected chi connectivity index (χ1v) is 12.3. The van der Waals surface area contributed by atoms with E-state index in [-0.39, 0.29) is 36.7 Å². The van der Waals surface area contributed by atoms with E-state index in [4.69, 9.17) is 4.74 Å². The number of amides is 2. The Morgan fingerprint density at radius 1 is 0.816 bits per heavy atom. The van der Waals surface area contributed by atoms with Gasteiger partial charge in [-0.1, -0.05) is 54.6 Å². The van der Waals surface area contributed by atoms with Gasteiger partial charge >= 0.3 is 12.1 Å². The number of aromatic carboxylic acids is 1. The highest BCUT2D eigenvalue weighted by Crippen LogP contribution is 2.20. The zero-order valence-corrected chi connectivity index (χ0v) is 22.1. The normalized spacial score (nSPS) is 11.9. The minimum Gasteiger partial charge on any atom is -0.508 e. The molecule has 2 amide bonds. The van der Waals surface area contributed by atoms with E-state index >= 15 is 0 Å². The van der Waals surface area contributed by atoms with Crippen LogP contribution in [0.1, 0.15) is 47.8 Å². The molecular formula is C30H34N2O6. The quantitative estimate of drug-likeness (QED) is 0.408. The van der Waals surface area contributed by atoms with E-state index in [1.54, 1.807) is 57.0 Å². The summed E-state index contributed by atoms with van der Waals surface area (Å²) in [6.45, 7) is 5.78. The van der Waals surface area contributed by atoms with Crippen molar-refractivity contribution in [3.05, 3.63) is 101 Å². The Balaban J connectivity index is 1.96. The largest absolute Gasteiger partial charge is 0.508 e. The maximum absolute atomic E-state index is 14.1. The number of phenols is 1. The lowest BCUT2D eigenvalue weighted by atomic mass is 10.0. The van der Waals surface area contributed by atoms with Crippen molar-refractivity contribution in [2.45, 2.75) is 51.9 Å². The molecule has 200 valence electrons. The second kappa shape index (κ2) is 12.3. The molecule has 3 aromatic rings. The van der Waals surface area contributed by atoms with Crippen LogP contribution in [0, 0.1) is 0 Å². The number of carboxylic acids is 1. The van der Waals surface area contributed by atoms with Gasteiger partial charge < -0.3 is 19.8 Å². The molecule has 0 aliphatic rings. The number of benzene rings is 3. The van der Waals surface area contributed by atoms with Crippen molar-refractivity contribution in [3.63, 3.8) is 0 Å². The predicted octanol–water partition coefficient (Wildman–Crippen LogP) is 5.10. The molecule has 3 rings (SSSR count). The van der Waals surface area contributed by atoms with Gasteiger partial charge in [0.15, 0.2) is 0 Å². The molecule has 38 heavy (non-hydrogen) atoms. The summed E-state index contributed by atoms with van der Waals surface area (Å²) >= 11 is 0. The molecule has 0 saturated carbocycles. The molecule has 0 radical (unpaired) electrons. The Kier molecular flexibility index (Phi) is 9.12. The van der Waals surface area contributed by atoms with Crippen LogP contribution >= 0.6 is 0 Å². The van der Waals surface area contributed by atoms with Crippen molar-refractivity contribution in [2.24, 2.45) is 0 Å². The fourth-order valence-corrected chi connectivity index (χ4v) is 3.91. The van der Waals surface area contributed by atoms with Crippen LogP contribution in [0.3, 0.4) is 0 Å². The molecule has 0 aliphatic heterocycles. The Morgan fingerprint density at radius 2 is 1.34 bits per heavy atom. The number of carbonyl (C=O) groups is 3. The van der Waals surface area contributed by atoms with E-state index < -0.39 is 23.7 Å². The van der Waals surface area contributed by atoms with Gasteiger partial charge in [-0.2, -0.15) is 0 Å². The van der Waals surface area contributed by atoms with Gasteiger partial charge in [-0.25, -0.2) is 9.59 Å². The lowest BCUT2D eigenvalue weighted by molar-refractivity contribution is -0.137. The Morgan fingerprint density at radius 3 is 1.87 bits per heavy atom. The molecule has 0 aliphatic carbocycles. The fourth-order valence-electron chi connectivity index (χ4n) is 3.91. The maximum atomic E-state index is 14.1. The second-order valence-corrected chi connectivity index (χ2v) is 10.2. The molecule has 0 saturated heterocycles. The molecule has 0 bridgehead atoms. The number of ether oxygens (including phenoxy) is 1. The maximum Gasteiger partial charge on any atom is 0.410 e. The van der Waals surface area contributed by atoms with E-state index in [1.807, 2.05) is 30.3 Å². The highest BCUT2D eigenvalue weighted by Gasteiger charge is 2.33. The number of phenolic OH excluding ortho intramolecular Hbond substituents is 1. The van der Waals surface area contributed by atoms with Crippen LogP contribution in [0.15, 0.2) is 78.9 Å². The number of hydrogen-bond donors (Lipinski definition) is 2. The summed E-state index contributed by atoms with van der Waals surface area (Å²) in [6, 6.07) is 21.5. The van der Waals surface area contributed by atoms with Crippen molar-refractivity contribution < 1.29 is 29.3 Å². The highest BCUT2D eigenvalue weighted by atomic mass is 16.6. The van der Waals surface area contributed by atoms with E-state index in [2.05, 4.69) is 0 Å². The molecule has 8 nitrogen and oxygen atoms in total. The molecule has 3 aromatic carbocycles. The van der Waals surface area contributed by atoms with Crippen LogP contribution in [0.5, 0.6) is 5.75 Å². The third kappa shape index (κ3) is 8.09. The first-order chi connectivity index (χ1) is 17.9. The Labute approximate surface area is 223 Å². The van der Waals surface area contributed by atoms with E-state index in [1.165, 1.54) is 29.2 Å². The van der Waals surface area contributed by atoms with E-state index in [9.17, 15) is 24.6 Å². The average molecular weight is 519 g/mol. The molecule has 0 fully saturated rings. The standard InChI is InChI=1S/C30H34N2O6/c1-30(2,3)38-29(37)31(4)26(18-21-12-16-25(33)17-13-21)27(34)32(19-22-8-6-5-7-9-22)20-23-10-14-24(15-11-23)28(35)36/h5-17,26,33H,18-20H2,1-4H3,(H,35,36)/t26-/m1/s1. The van der Waals surface area contributed by atoms with Gasteiger partial charge in [-0.3, -0.25) is 9.69 Å². The summed E-state index contributed by atoms with van der Waals surface area (Å²) in [5.41, 5.74) is 1.84. The summed E-state index contributed by atoms with van der Waals surface area (Å²) < 4.78 is 5.56. The molecule has 0 unspecified atom stereocenters. The molecule has 2 N–H and O–H groups in total. The number of rotatable bonds is 9. The smallest absolute Gasteiger partial charge is 0.410 e. The number of carboxylic acid groups (broad SMARTS) is 1. The first-order valence-electron chi connectivity index (χ1n) is 12.3. The Hall–Kier alpha value is -4.33. The van der Waals surface area contributed by atoms with Crippen molar-refractivity contribution in [3.8, 4) is 5.75 Å². The van der Waals surface area contributed by atoms with Gasteiger partial charge in [0.2, 0.25) is 5.91 Å². The van der Waals surface area contributed by atoms with Crippen LogP contribution in [0.4, 0.5) is 4.79 Å². The summed E-state index contributed by atoms with van der Waals surface area (Å²) in [5.74, 6) is -1.22. The summed E-state index contributed by atoms with van der Waals surface area (Å²) in [6.07, 6.45) is -0.418. The number of carbonyl (C=O) groups excluding carboxylic acids is 2. The number of hydrogen-bond acceptors (Lipinski definition) is 5. The highest BCUT2D eigenvalue weighted by molar-refractivity contribution is 5.88. The van der Waals surface area contributed by atoms with Crippen LogP contribution in [0.2, 0.25) is 0 Å². The number of nitrogens with zero attached hydrogens (tertiary/aromatic N) is 2. The first kappa shape index (κ1) is 28.2. The van der Waals surface area contributed by atoms with Crippen molar-refractivity contribution >= 4 is 18.0 Å². The second-order valence-electron chi connectivity index (χ2n) is 10.2. The van der Waals surface area contributed by atoms with Crippen LogP contribution < -0.4 is 0 Å². The average Bonchev–Trinajstić information content (AvgIpc) is 2.87. The van der Waals surface area contributed by atoms with Crippen LogP contribution in [-0.4, -0.2) is 56.7 Å². The van der Waals surface area contributed by atoms with Gasteiger partial charge in [0.05, 0.1) is 5.56 Å². The topological polar surface area (TPSA) is 107 Å². The molecule has 0 aromatic heterocycles. The fraction of sp³-hybridized carbons (Fsp3) is 0.300. The van der Waals surface area contributed by atoms with E-state index in [0.717, 1.165) is 16.7 Å². The van der Waals surface area contributed by atoms with Gasteiger partial charge in [-0.05, 0) is 61.7 Å². The molecule has 8 heteroatoms. The molecule has 1 atom stereocenters. The molecular weight excluding hydrogens is 484 g/mol. The van der Waals surface area contributed by atoms with Crippen LogP contribution in [-0.2, 0) is 29.0 Å². The van der Waals surface area contributed by atoms with Gasteiger partial charge in [0, 0.05) is 26.6 Å². The Bertz CT molecular complexity index is 1230. The third-order valence-corrected chi connectivity index (χ3v) is 5.90. The zero-order chi connectivity index (χ0) is 27.9. The lowest BCUT2D eigenvalue weighted by Gasteiger charge is -2.34. The lowest BCUT2D eigenvalue weighted by Crippen LogP contribution is -2.51. The minimum absolute atomic E-state index is 0.104. The molecule has 0 spiro atoms. The van der Waals surface area contributed by atoms with Gasteiger partial charge in [0.25, 0.3) is 0 Å². The van der Waals surface area contributed by atoms with Gasteiger partial charge in [0.1, 0.15) is 17.4 Å². The summed E-state index contributed by atoms with van der Waals surface area (Å²) in [4.78, 5) is 41.4. The number of likely N-dealkylation sites (N-methyl/N-ethyl adjacent to an activating group) is 1.